The molecule has 8 heteroatoms. The Kier molecular flexibility index (Phi) is 6.64. The Morgan fingerprint density at radius 3 is 2.71 bits per heavy atom. The van der Waals surface area contributed by atoms with E-state index in [-0.39, 0.29) is 23.0 Å². The van der Waals surface area contributed by atoms with Crippen molar-refractivity contribution in [3.63, 3.8) is 0 Å². The van der Waals surface area contributed by atoms with Crippen LogP contribution in [0, 0.1) is 15.9 Å². The van der Waals surface area contributed by atoms with E-state index in [9.17, 15) is 19.3 Å². The smallest absolute Gasteiger partial charge is 0.284 e. The van der Waals surface area contributed by atoms with E-state index >= 15 is 0 Å². The number of nitro groups is 1. The van der Waals surface area contributed by atoms with Gasteiger partial charge in [-0.05, 0) is 69.3 Å². The maximum absolute atomic E-state index is 13.0. The minimum Gasteiger partial charge on any atom is -0.352 e. The summed E-state index contributed by atoms with van der Waals surface area (Å²) in [6, 6.07) is 10.6. The fraction of sp³-hybridized carbons (Fsp3) is 0.350. The average Bonchev–Trinajstić information content (AvgIpc) is 3.08. The first-order valence-corrected chi connectivity index (χ1v) is 9.96. The van der Waals surface area contributed by atoms with Gasteiger partial charge in [0.2, 0.25) is 0 Å². The minimum absolute atomic E-state index is 0.141. The summed E-state index contributed by atoms with van der Waals surface area (Å²) in [5.74, 6) is -0.684. The largest absolute Gasteiger partial charge is 0.352 e. The normalized spacial score (nSPS) is 16.9. The van der Waals surface area contributed by atoms with Crippen LogP contribution < -0.4 is 5.32 Å². The lowest BCUT2D eigenvalue weighted by Crippen LogP contribution is -2.31. The van der Waals surface area contributed by atoms with Crippen molar-refractivity contribution in [2.45, 2.75) is 35.1 Å². The molecule has 3 rings (SSSR count). The molecule has 2 aromatic rings. The first-order valence-electron chi connectivity index (χ1n) is 9.14. The lowest BCUT2D eigenvalue weighted by molar-refractivity contribution is -0.387. The number of nitro benzene ring substituents is 1. The van der Waals surface area contributed by atoms with Gasteiger partial charge in [0.25, 0.3) is 11.6 Å². The molecule has 0 aliphatic carbocycles. The van der Waals surface area contributed by atoms with Crippen LogP contribution in [0.1, 0.15) is 29.6 Å². The Labute approximate surface area is 167 Å². The number of nitrogens with zero attached hydrogens (tertiary/aromatic N) is 2. The number of halogens is 1. The molecule has 1 aliphatic rings. The standard InChI is InChI=1S/C20H22FN3O3S/c1-23-12-2-3-16(23)10-11-22-20(25)14-4-9-19(18(13-14)24(26)27)28-17-7-5-15(21)6-8-17/h4-9,13,16H,2-3,10-12H2,1H3,(H,22,25)/t16-/m1/s1. The van der Waals surface area contributed by atoms with Crippen LogP contribution in [0.25, 0.3) is 0 Å². The Morgan fingerprint density at radius 2 is 2.07 bits per heavy atom. The molecule has 1 saturated heterocycles. The summed E-state index contributed by atoms with van der Waals surface area (Å²) in [6.45, 7) is 1.62. The van der Waals surface area contributed by atoms with Gasteiger partial charge >= 0.3 is 0 Å². The van der Waals surface area contributed by atoms with E-state index in [2.05, 4.69) is 17.3 Å². The second-order valence-electron chi connectivity index (χ2n) is 6.82. The Balaban J connectivity index is 1.66. The maximum atomic E-state index is 13.0. The van der Waals surface area contributed by atoms with Crippen LogP contribution in [0.3, 0.4) is 0 Å². The Morgan fingerprint density at radius 1 is 1.32 bits per heavy atom. The number of amides is 1. The van der Waals surface area contributed by atoms with Gasteiger partial charge in [0, 0.05) is 29.1 Å². The van der Waals surface area contributed by atoms with Crippen molar-refractivity contribution in [3.05, 3.63) is 64.0 Å². The van der Waals surface area contributed by atoms with E-state index in [1.54, 1.807) is 24.3 Å². The highest BCUT2D eigenvalue weighted by Gasteiger charge is 2.21. The fourth-order valence-electron chi connectivity index (χ4n) is 3.32. The number of carbonyl (C=O) groups excluding carboxylic acids is 1. The Bertz CT molecular complexity index is 860. The van der Waals surface area contributed by atoms with Gasteiger partial charge in [-0.15, -0.1) is 0 Å². The number of hydrogen-bond acceptors (Lipinski definition) is 5. The third-order valence-corrected chi connectivity index (χ3v) is 5.97. The average molecular weight is 403 g/mol. The van der Waals surface area contributed by atoms with Gasteiger partial charge in [0.15, 0.2) is 0 Å². The summed E-state index contributed by atoms with van der Waals surface area (Å²) in [4.78, 5) is 26.7. The van der Waals surface area contributed by atoms with Gasteiger partial charge < -0.3 is 10.2 Å². The Hall–Kier alpha value is -2.45. The molecule has 1 N–H and O–H groups in total. The van der Waals surface area contributed by atoms with E-state index in [0.717, 1.165) is 31.1 Å². The summed E-state index contributed by atoms with van der Waals surface area (Å²) >= 11 is 1.16. The van der Waals surface area contributed by atoms with Gasteiger partial charge in [-0.1, -0.05) is 11.8 Å². The monoisotopic (exact) mass is 403 g/mol. The quantitative estimate of drug-likeness (QED) is 0.556. The number of hydrogen-bond donors (Lipinski definition) is 1. The molecular weight excluding hydrogens is 381 g/mol. The molecule has 0 saturated carbocycles. The molecule has 0 unspecified atom stereocenters. The van der Waals surface area contributed by atoms with Crippen molar-refractivity contribution in [3.8, 4) is 0 Å². The van der Waals surface area contributed by atoms with Crippen molar-refractivity contribution in [2.24, 2.45) is 0 Å². The van der Waals surface area contributed by atoms with Crippen molar-refractivity contribution < 1.29 is 14.1 Å². The number of nitrogens with one attached hydrogen (secondary N) is 1. The van der Waals surface area contributed by atoms with Gasteiger partial charge in [-0.25, -0.2) is 4.39 Å². The molecular formula is C20H22FN3O3S. The van der Waals surface area contributed by atoms with Crippen LogP contribution in [0.2, 0.25) is 0 Å². The third-order valence-electron chi connectivity index (χ3n) is 4.89. The summed E-state index contributed by atoms with van der Waals surface area (Å²) in [6.07, 6.45) is 3.17. The van der Waals surface area contributed by atoms with Crippen LogP contribution >= 0.6 is 11.8 Å². The lowest BCUT2D eigenvalue weighted by Gasteiger charge is -2.19. The highest BCUT2D eigenvalue weighted by Crippen LogP contribution is 2.35. The number of rotatable bonds is 7. The predicted molar refractivity (Wildman–Crippen MR) is 106 cm³/mol. The SMILES string of the molecule is CN1CCC[C@@H]1CCNC(=O)c1ccc(Sc2ccc(F)cc2)c([N+](=O)[O-])c1. The highest BCUT2D eigenvalue weighted by atomic mass is 32.2. The molecule has 0 spiro atoms. The fourth-order valence-corrected chi connectivity index (χ4v) is 4.22. The molecule has 28 heavy (non-hydrogen) atoms. The van der Waals surface area contributed by atoms with Crippen LogP contribution in [-0.4, -0.2) is 41.9 Å². The summed E-state index contributed by atoms with van der Waals surface area (Å²) in [5, 5.41) is 14.3. The molecule has 1 atom stereocenters. The molecule has 0 aromatic heterocycles. The summed E-state index contributed by atoms with van der Waals surface area (Å²) in [7, 11) is 2.08. The first kappa shape index (κ1) is 20.3. The van der Waals surface area contributed by atoms with Crippen molar-refractivity contribution in [1.82, 2.24) is 10.2 Å². The van der Waals surface area contributed by atoms with E-state index in [1.165, 1.54) is 24.6 Å². The van der Waals surface area contributed by atoms with E-state index in [4.69, 9.17) is 0 Å². The third kappa shape index (κ3) is 5.08. The van der Waals surface area contributed by atoms with Gasteiger partial charge in [0.05, 0.1) is 9.82 Å². The molecule has 0 bridgehead atoms. The number of likely N-dealkylation sites (tertiary alicyclic amines) is 1. The van der Waals surface area contributed by atoms with Gasteiger partial charge in [-0.3, -0.25) is 14.9 Å². The minimum atomic E-state index is -0.504. The highest BCUT2D eigenvalue weighted by molar-refractivity contribution is 7.99. The molecule has 0 radical (unpaired) electrons. The van der Waals surface area contributed by atoms with Crippen LogP contribution in [-0.2, 0) is 0 Å². The van der Waals surface area contributed by atoms with E-state index in [1.807, 2.05) is 0 Å². The lowest BCUT2D eigenvalue weighted by atomic mass is 10.1. The summed E-state index contributed by atoms with van der Waals surface area (Å²) < 4.78 is 13.0. The van der Waals surface area contributed by atoms with Gasteiger partial charge in [0.1, 0.15) is 5.82 Å². The van der Waals surface area contributed by atoms with Crippen LogP contribution in [0.15, 0.2) is 52.3 Å². The topological polar surface area (TPSA) is 75.5 Å². The zero-order valence-corrected chi connectivity index (χ0v) is 16.4. The number of benzene rings is 2. The van der Waals surface area contributed by atoms with Crippen molar-refractivity contribution in [1.29, 1.82) is 0 Å². The van der Waals surface area contributed by atoms with E-state index in [0.29, 0.717) is 22.4 Å². The molecule has 148 valence electrons. The van der Waals surface area contributed by atoms with Crippen molar-refractivity contribution >= 4 is 23.4 Å². The van der Waals surface area contributed by atoms with E-state index < -0.39 is 4.92 Å². The molecule has 1 fully saturated rings. The molecule has 2 aromatic carbocycles. The maximum Gasteiger partial charge on any atom is 0.284 e. The summed E-state index contributed by atoms with van der Waals surface area (Å²) in [5.41, 5.74) is 0.118. The van der Waals surface area contributed by atoms with Crippen LogP contribution in [0.4, 0.5) is 10.1 Å². The number of carbonyl (C=O) groups is 1. The first-order chi connectivity index (χ1) is 13.4. The zero-order chi connectivity index (χ0) is 20.1. The predicted octanol–water partition coefficient (Wildman–Crippen LogP) is 4.10. The molecule has 1 aliphatic heterocycles. The van der Waals surface area contributed by atoms with Crippen LogP contribution in [0.5, 0.6) is 0 Å². The van der Waals surface area contributed by atoms with Crippen molar-refractivity contribution in [2.75, 3.05) is 20.1 Å². The molecule has 1 amide bonds. The van der Waals surface area contributed by atoms with Gasteiger partial charge in [-0.2, -0.15) is 0 Å². The second-order valence-corrected chi connectivity index (χ2v) is 7.93. The zero-order valence-electron chi connectivity index (χ0n) is 15.6. The molecule has 6 nitrogen and oxygen atoms in total. The second kappa shape index (κ2) is 9.16. The molecule has 1 heterocycles.